The molecule has 0 saturated carbocycles. The number of hydrogen-bond donors (Lipinski definition) is 0. The van der Waals surface area contributed by atoms with Crippen LogP contribution in [0.2, 0.25) is 0 Å². The minimum Gasteiger partial charge on any atom is -0.455 e. The highest BCUT2D eigenvalue weighted by atomic mass is 19.1. The Bertz CT molecular complexity index is 1350. The third-order valence-electron chi connectivity index (χ3n) is 5.34. The number of pyridine rings is 2. The number of aryl methyl sites for hydroxylation is 1. The van der Waals surface area contributed by atoms with E-state index in [1.165, 1.54) is 24.5 Å². The number of amides is 2. The van der Waals surface area contributed by atoms with E-state index >= 15 is 4.39 Å². The van der Waals surface area contributed by atoms with Crippen molar-refractivity contribution in [3.8, 4) is 11.5 Å². The average molecular weight is 542 g/mol. The topological polar surface area (TPSA) is 90.9 Å². The number of imide groups is 1. The zero-order chi connectivity index (χ0) is 29.1. The lowest BCUT2D eigenvalue weighted by molar-refractivity contribution is 0.0427. The molecule has 2 heterocycles. The van der Waals surface area contributed by atoms with Crippen LogP contribution in [0.25, 0.3) is 0 Å². The Morgan fingerprint density at radius 2 is 1.51 bits per heavy atom. The Hall–Kier alpha value is -4.08. The van der Waals surface area contributed by atoms with Gasteiger partial charge in [0.15, 0.2) is 11.6 Å². The predicted octanol–water partition coefficient (Wildman–Crippen LogP) is 7.43. The van der Waals surface area contributed by atoms with Gasteiger partial charge in [-0.3, -0.25) is 4.98 Å². The molecule has 0 N–H and O–H groups in total. The number of carbonyl (C=O) groups is 2. The molecule has 1 aromatic carbocycles. The highest BCUT2D eigenvalue weighted by molar-refractivity contribution is 6.08. The van der Waals surface area contributed by atoms with Gasteiger partial charge in [0.25, 0.3) is 0 Å². The molecule has 208 valence electrons. The molecule has 3 aromatic rings. The highest BCUT2D eigenvalue weighted by Gasteiger charge is 2.36. The second kappa shape index (κ2) is 11.3. The second-order valence-electron chi connectivity index (χ2n) is 11.0. The van der Waals surface area contributed by atoms with Crippen molar-refractivity contribution in [3.63, 3.8) is 0 Å². The first-order chi connectivity index (χ1) is 18.1. The summed E-state index contributed by atoms with van der Waals surface area (Å²) in [5.74, 6) is -1.19. The van der Waals surface area contributed by atoms with E-state index in [-0.39, 0.29) is 12.0 Å². The summed E-state index contributed by atoms with van der Waals surface area (Å²) >= 11 is 0. The zero-order valence-electron chi connectivity index (χ0n) is 23.4. The fourth-order valence-corrected chi connectivity index (χ4v) is 3.42. The maximum atomic E-state index is 15.8. The summed E-state index contributed by atoms with van der Waals surface area (Å²) in [4.78, 5) is 34.5. The van der Waals surface area contributed by atoms with Crippen molar-refractivity contribution in [2.45, 2.75) is 73.0 Å². The Morgan fingerprint density at radius 3 is 2.08 bits per heavy atom. The van der Waals surface area contributed by atoms with Crippen LogP contribution < -0.4 is 9.64 Å². The molecule has 0 spiro atoms. The van der Waals surface area contributed by atoms with Crippen molar-refractivity contribution in [2.24, 2.45) is 0 Å². The first kappa shape index (κ1) is 29.5. The lowest BCUT2D eigenvalue weighted by Crippen LogP contribution is -2.44. The number of nitrogens with zero attached hydrogens (tertiary/aromatic N) is 3. The minimum atomic E-state index is -1.13. The van der Waals surface area contributed by atoms with Gasteiger partial charge in [-0.15, -0.1) is 0 Å². The molecule has 0 radical (unpaired) electrons. The number of benzene rings is 1. The molecule has 2 amide bonds. The number of hydrogen-bond acceptors (Lipinski definition) is 7. The Labute approximate surface area is 226 Å². The second-order valence-corrected chi connectivity index (χ2v) is 11.0. The van der Waals surface area contributed by atoms with Crippen LogP contribution in [0, 0.1) is 25.5 Å². The molecule has 0 unspecified atom stereocenters. The number of carbonyl (C=O) groups excluding carboxylic acids is 2. The van der Waals surface area contributed by atoms with Crippen molar-refractivity contribution >= 4 is 18.0 Å². The Balaban J connectivity index is 1.96. The maximum absolute atomic E-state index is 15.8. The molecule has 0 bridgehead atoms. The van der Waals surface area contributed by atoms with Crippen LogP contribution in [0.3, 0.4) is 0 Å². The molecular weight excluding hydrogens is 508 g/mol. The quantitative estimate of drug-likeness (QED) is 0.332. The smallest absolute Gasteiger partial charge is 0.425 e. The van der Waals surface area contributed by atoms with E-state index in [4.69, 9.17) is 14.2 Å². The Morgan fingerprint density at radius 1 is 0.897 bits per heavy atom. The highest BCUT2D eigenvalue weighted by Crippen LogP contribution is 2.30. The molecule has 0 fully saturated rings. The van der Waals surface area contributed by atoms with E-state index in [2.05, 4.69) is 9.97 Å². The summed E-state index contributed by atoms with van der Waals surface area (Å²) in [6.07, 6.45) is 2.11. The molecule has 0 saturated heterocycles. The molecule has 0 aliphatic rings. The molecule has 10 heteroatoms. The summed E-state index contributed by atoms with van der Waals surface area (Å²) in [7, 11) is 0. The molecule has 3 rings (SSSR count). The first-order valence-electron chi connectivity index (χ1n) is 12.3. The molecule has 0 aliphatic heterocycles. The molecule has 8 nitrogen and oxygen atoms in total. The molecule has 0 aliphatic carbocycles. The van der Waals surface area contributed by atoms with E-state index < -0.39 is 40.8 Å². The number of rotatable bonds is 5. The lowest BCUT2D eigenvalue weighted by Gasteiger charge is -2.28. The van der Waals surface area contributed by atoms with Crippen molar-refractivity contribution in [1.29, 1.82) is 0 Å². The standard InChI is InChI=1S/C29H33F2N3O5/c1-17-9-10-21(14-22(17)30)37-23-16-32-15-20(18(23)2)13-19-11-12-33-25(24(19)31)34(26(35)38-28(3,4)5)27(36)39-29(6,7)8/h9-12,14-16H,13H2,1-8H3. The summed E-state index contributed by atoms with van der Waals surface area (Å²) in [5, 5.41) is 0. The largest absolute Gasteiger partial charge is 0.455 e. The van der Waals surface area contributed by atoms with E-state index in [1.54, 1.807) is 73.7 Å². The minimum absolute atomic E-state index is 0.0378. The van der Waals surface area contributed by atoms with Crippen LogP contribution in [-0.4, -0.2) is 33.4 Å². The first-order valence-corrected chi connectivity index (χ1v) is 12.3. The maximum Gasteiger partial charge on any atom is 0.425 e. The third kappa shape index (κ3) is 7.72. The van der Waals surface area contributed by atoms with Crippen molar-refractivity contribution in [2.75, 3.05) is 4.90 Å². The van der Waals surface area contributed by atoms with Crippen molar-refractivity contribution in [1.82, 2.24) is 9.97 Å². The fourth-order valence-electron chi connectivity index (χ4n) is 3.42. The van der Waals surface area contributed by atoms with Gasteiger partial charge in [-0.1, -0.05) is 6.07 Å². The van der Waals surface area contributed by atoms with Crippen LogP contribution in [0.5, 0.6) is 11.5 Å². The van der Waals surface area contributed by atoms with Crippen LogP contribution in [0.15, 0.2) is 42.9 Å². The zero-order valence-corrected chi connectivity index (χ0v) is 23.4. The SMILES string of the molecule is Cc1ccc(Oc2cncc(Cc3ccnc(N(C(=O)OC(C)(C)C)C(=O)OC(C)(C)C)c3F)c2C)cc1F. The number of anilines is 1. The van der Waals surface area contributed by atoms with Gasteiger partial charge in [0.2, 0.25) is 0 Å². The van der Waals surface area contributed by atoms with Gasteiger partial charge < -0.3 is 14.2 Å². The Kier molecular flexibility index (Phi) is 8.58. The van der Waals surface area contributed by atoms with Crippen molar-refractivity contribution < 1.29 is 32.6 Å². The molecule has 2 aromatic heterocycles. The van der Waals surface area contributed by atoms with Gasteiger partial charge in [0.05, 0.1) is 6.20 Å². The predicted molar refractivity (Wildman–Crippen MR) is 142 cm³/mol. The molecular formula is C29H33F2N3O5. The van der Waals surface area contributed by atoms with Crippen LogP contribution in [-0.2, 0) is 15.9 Å². The summed E-state index contributed by atoms with van der Waals surface area (Å²) in [6, 6.07) is 5.95. The summed E-state index contributed by atoms with van der Waals surface area (Å²) in [6.45, 7) is 13.1. The van der Waals surface area contributed by atoms with E-state index in [1.807, 2.05) is 0 Å². The number of halogens is 2. The fraction of sp³-hybridized carbons (Fsp3) is 0.379. The van der Waals surface area contributed by atoms with Crippen LogP contribution >= 0.6 is 0 Å². The van der Waals surface area contributed by atoms with Gasteiger partial charge in [-0.25, -0.2) is 23.4 Å². The average Bonchev–Trinajstić information content (AvgIpc) is 2.79. The monoisotopic (exact) mass is 541 g/mol. The molecule has 0 atom stereocenters. The van der Waals surface area contributed by atoms with Gasteiger partial charge >= 0.3 is 12.2 Å². The normalized spacial score (nSPS) is 11.6. The van der Waals surface area contributed by atoms with Gasteiger partial charge in [0.1, 0.15) is 28.5 Å². The number of ether oxygens (including phenoxy) is 3. The molecule has 39 heavy (non-hydrogen) atoms. The lowest BCUT2D eigenvalue weighted by atomic mass is 10.0. The summed E-state index contributed by atoms with van der Waals surface area (Å²) in [5.41, 5.74) is -0.0382. The van der Waals surface area contributed by atoms with E-state index in [0.29, 0.717) is 33.1 Å². The number of aromatic nitrogens is 2. The van der Waals surface area contributed by atoms with Gasteiger partial charge in [0, 0.05) is 24.9 Å². The summed E-state index contributed by atoms with van der Waals surface area (Å²) < 4.78 is 46.3. The van der Waals surface area contributed by atoms with Crippen molar-refractivity contribution in [3.05, 3.63) is 76.7 Å². The van der Waals surface area contributed by atoms with E-state index in [0.717, 1.165) is 0 Å². The third-order valence-corrected chi connectivity index (χ3v) is 5.34. The van der Waals surface area contributed by atoms with Gasteiger partial charge in [-0.2, -0.15) is 4.90 Å². The van der Waals surface area contributed by atoms with Crippen LogP contribution in [0.4, 0.5) is 24.2 Å². The van der Waals surface area contributed by atoms with Crippen LogP contribution in [0.1, 0.15) is 63.8 Å². The van der Waals surface area contributed by atoms with E-state index in [9.17, 15) is 14.0 Å². The van der Waals surface area contributed by atoms with Gasteiger partial charge in [-0.05, 0) is 89.8 Å².